The summed E-state index contributed by atoms with van der Waals surface area (Å²) < 4.78 is 32.5. The Morgan fingerprint density at radius 1 is 1.11 bits per heavy atom. The van der Waals surface area contributed by atoms with Crippen molar-refractivity contribution in [1.82, 2.24) is 0 Å². The molecule has 0 amide bonds. The average molecular weight is 263 g/mol. The Morgan fingerprint density at radius 2 is 1.79 bits per heavy atom. The Morgan fingerprint density at radius 3 is 2.42 bits per heavy atom. The first-order valence-corrected chi connectivity index (χ1v) is 5.84. The standard InChI is InChI=1S/C15H15F2NO/c1-15(18,10-5-3-6-11(16)9-10)12-7-4-8-13(19-2)14(12)17/h3-9H,18H2,1-2H3. The first-order chi connectivity index (χ1) is 8.96. The molecule has 0 heterocycles. The van der Waals surface area contributed by atoms with E-state index in [4.69, 9.17) is 10.5 Å². The summed E-state index contributed by atoms with van der Waals surface area (Å²) in [7, 11) is 1.39. The van der Waals surface area contributed by atoms with Crippen molar-refractivity contribution in [2.45, 2.75) is 12.5 Å². The molecule has 0 spiro atoms. The summed E-state index contributed by atoms with van der Waals surface area (Å²) in [6.45, 7) is 1.64. The zero-order chi connectivity index (χ0) is 14.0. The fraction of sp³-hybridized carbons (Fsp3) is 0.200. The van der Waals surface area contributed by atoms with Crippen molar-refractivity contribution < 1.29 is 13.5 Å². The topological polar surface area (TPSA) is 35.2 Å². The van der Waals surface area contributed by atoms with Gasteiger partial charge in [0.25, 0.3) is 0 Å². The minimum absolute atomic E-state index is 0.116. The first-order valence-electron chi connectivity index (χ1n) is 5.84. The van der Waals surface area contributed by atoms with Gasteiger partial charge in [-0.3, -0.25) is 0 Å². The summed E-state index contributed by atoms with van der Waals surface area (Å²) in [6, 6.07) is 10.6. The minimum atomic E-state index is -1.14. The third-order valence-electron chi connectivity index (χ3n) is 3.17. The number of hydrogen-bond donors (Lipinski definition) is 1. The summed E-state index contributed by atoms with van der Waals surface area (Å²) in [4.78, 5) is 0. The molecule has 1 unspecified atom stereocenters. The summed E-state index contributed by atoms with van der Waals surface area (Å²) in [5.41, 5.74) is 5.81. The van der Waals surface area contributed by atoms with Gasteiger partial charge in [-0.15, -0.1) is 0 Å². The Hall–Kier alpha value is -1.94. The molecule has 0 fully saturated rings. The molecule has 0 aliphatic heterocycles. The van der Waals surface area contributed by atoms with Gasteiger partial charge in [0.05, 0.1) is 12.6 Å². The van der Waals surface area contributed by atoms with Gasteiger partial charge in [-0.25, -0.2) is 8.78 Å². The zero-order valence-corrected chi connectivity index (χ0v) is 10.8. The second kappa shape index (κ2) is 4.97. The summed E-state index contributed by atoms with van der Waals surface area (Å²) in [5.74, 6) is -0.817. The second-order valence-electron chi connectivity index (χ2n) is 4.53. The maximum absolute atomic E-state index is 14.3. The lowest BCUT2D eigenvalue weighted by Gasteiger charge is -2.27. The summed E-state index contributed by atoms with van der Waals surface area (Å²) in [5, 5.41) is 0. The largest absolute Gasteiger partial charge is 0.494 e. The van der Waals surface area contributed by atoms with Gasteiger partial charge in [-0.2, -0.15) is 0 Å². The number of nitrogens with two attached hydrogens (primary N) is 1. The van der Waals surface area contributed by atoms with Gasteiger partial charge in [-0.1, -0.05) is 24.3 Å². The highest BCUT2D eigenvalue weighted by molar-refractivity contribution is 5.42. The molecule has 0 saturated heterocycles. The molecular formula is C15H15F2NO. The molecule has 2 N–H and O–H groups in total. The van der Waals surface area contributed by atoms with Gasteiger partial charge < -0.3 is 10.5 Å². The molecule has 0 saturated carbocycles. The Bertz CT molecular complexity index is 596. The predicted molar refractivity (Wildman–Crippen MR) is 70.0 cm³/mol. The SMILES string of the molecule is COc1cccc(C(C)(N)c2cccc(F)c2)c1F. The van der Waals surface area contributed by atoms with Gasteiger partial charge in [-0.05, 0) is 30.7 Å². The number of rotatable bonds is 3. The zero-order valence-electron chi connectivity index (χ0n) is 10.8. The lowest BCUT2D eigenvalue weighted by atomic mass is 9.85. The molecule has 0 aliphatic rings. The fourth-order valence-electron chi connectivity index (χ4n) is 2.04. The van der Waals surface area contributed by atoms with E-state index in [2.05, 4.69) is 0 Å². The quantitative estimate of drug-likeness (QED) is 0.923. The Balaban J connectivity index is 2.56. The van der Waals surface area contributed by atoms with E-state index >= 15 is 0 Å². The average Bonchev–Trinajstić information content (AvgIpc) is 2.38. The van der Waals surface area contributed by atoms with Crippen LogP contribution in [0.1, 0.15) is 18.1 Å². The van der Waals surface area contributed by atoms with Gasteiger partial charge in [0.15, 0.2) is 11.6 Å². The van der Waals surface area contributed by atoms with Crippen molar-refractivity contribution in [3.8, 4) is 5.75 Å². The van der Waals surface area contributed by atoms with E-state index in [1.165, 1.54) is 25.3 Å². The minimum Gasteiger partial charge on any atom is -0.494 e. The molecule has 4 heteroatoms. The number of halogens is 2. The highest BCUT2D eigenvalue weighted by atomic mass is 19.1. The molecule has 2 aromatic rings. The molecule has 2 nitrogen and oxygen atoms in total. The van der Waals surface area contributed by atoms with Crippen LogP contribution in [0.25, 0.3) is 0 Å². The van der Waals surface area contributed by atoms with Gasteiger partial charge in [0, 0.05) is 5.56 Å². The highest BCUT2D eigenvalue weighted by Gasteiger charge is 2.28. The van der Waals surface area contributed by atoms with E-state index in [9.17, 15) is 8.78 Å². The molecule has 1 atom stereocenters. The molecule has 2 rings (SSSR count). The van der Waals surface area contributed by atoms with Crippen LogP contribution in [-0.4, -0.2) is 7.11 Å². The molecule has 0 aliphatic carbocycles. The third kappa shape index (κ3) is 2.44. The number of benzene rings is 2. The smallest absolute Gasteiger partial charge is 0.170 e. The van der Waals surface area contributed by atoms with E-state index in [1.807, 2.05) is 0 Å². The van der Waals surface area contributed by atoms with Crippen molar-refractivity contribution in [1.29, 1.82) is 0 Å². The van der Waals surface area contributed by atoms with E-state index in [0.717, 1.165) is 0 Å². The van der Waals surface area contributed by atoms with Crippen molar-refractivity contribution in [2.24, 2.45) is 5.73 Å². The maximum Gasteiger partial charge on any atom is 0.170 e. The van der Waals surface area contributed by atoms with E-state index < -0.39 is 17.2 Å². The van der Waals surface area contributed by atoms with Crippen LogP contribution in [0.15, 0.2) is 42.5 Å². The maximum atomic E-state index is 14.3. The molecule has 2 aromatic carbocycles. The summed E-state index contributed by atoms with van der Waals surface area (Å²) >= 11 is 0. The lowest BCUT2D eigenvalue weighted by molar-refractivity contribution is 0.379. The van der Waals surface area contributed by atoms with Crippen molar-refractivity contribution in [2.75, 3.05) is 7.11 Å². The van der Waals surface area contributed by atoms with Crippen molar-refractivity contribution in [3.05, 3.63) is 65.2 Å². The molecule has 0 aromatic heterocycles. The number of methoxy groups -OCH3 is 1. The Kier molecular flexibility index (Phi) is 3.53. The van der Waals surface area contributed by atoms with Crippen LogP contribution in [0.2, 0.25) is 0 Å². The Labute approximate surface area is 110 Å². The van der Waals surface area contributed by atoms with Crippen LogP contribution < -0.4 is 10.5 Å². The van der Waals surface area contributed by atoms with Crippen molar-refractivity contribution in [3.63, 3.8) is 0 Å². The van der Waals surface area contributed by atoms with Gasteiger partial charge in [0.2, 0.25) is 0 Å². The first kappa shape index (κ1) is 13.5. The van der Waals surface area contributed by atoms with Crippen LogP contribution >= 0.6 is 0 Å². The number of ether oxygens (including phenoxy) is 1. The number of hydrogen-bond acceptors (Lipinski definition) is 2. The van der Waals surface area contributed by atoms with E-state index in [-0.39, 0.29) is 11.3 Å². The second-order valence-corrected chi connectivity index (χ2v) is 4.53. The molecular weight excluding hydrogens is 248 g/mol. The van der Waals surface area contributed by atoms with Gasteiger partial charge in [0.1, 0.15) is 5.82 Å². The molecule has 0 bridgehead atoms. The summed E-state index contributed by atoms with van der Waals surface area (Å²) in [6.07, 6.45) is 0. The van der Waals surface area contributed by atoms with Crippen LogP contribution in [0, 0.1) is 11.6 Å². The molecule has 100 valence electrons. The van der Waals surface area contributed by atoms with E-state index in [1.54, 1.807) is 31.2 Å². The lowest BCUT2D eigenvalue weighted by Crippen LogP contribution is -2.35. The fourth-order valence-corrected chi connectivity index (χ4v) is 2.04. The van der Waals surface area contributed by atoms with Crippen molar-refractivity contribution >= 4 is 0 Å². The highest BCUT2D eigenvalue weighted by Crippen LogP contribution is 2.32. The van der Waals surface area contributed by atoms with Crippen LogP contribution in [0.5, 0.6) is 5.75 Å². The normalized spacial score (nSPS) is 13.9. The molecule has 0 radical (unpaired) electrons. The van der Waals surface area contributed by atoms with Crippen LogP contribution in [-0.2, 0) is 5.54 Å². The van der Waals surface area contributed by atoms with Crippen LogP contribution in [0.4, 0.5) is 8.78 Å². The van der Waals surface area contributed by atoms with Crippen LogP contribution in [0.3, 0.4) is 0 Å². The third-order valence-corrected chi connectivity index (χ3v) is 3.17. The monoisotopic (exact) mass is 263 g/mol. The molecule has 19 heavy (non-hydrogen) atoms. The predicted octanol–water partition coefficient (Wildman–Crippen LogP) is 3.20. The van der Waals surface area contributed by atoms with E-state index in [0.29, 0.717) is 5.56 Å². The van der Waals surface area contributed by atoms with Gasteiger partial charge >= 0.3 is 0 Å².